The van der Waals surface area contributed by atoms with Gasteiger partial charge in [-0.15, -0.1) is 0 Å². The molecule has 0 amide bonds. The highest BCUT2D eigenvalue weighted by Gasteiger charge is 2.54. The van der Waals surface area contributed by atoms with Crippen LogP contribution in [0.15, 0.2) is 51.0 Å². The zero-order valence-corrected chi connectivity index (χ0v) is 16.1. The molecule has 0 spiro atoms. The van der Waals surface area contributed by atoms with Crippen LogP contribution in [0.5, 0.6) is 0 Å². The Bertz CT molecular complexity index is 1120. The van der Waals surface area contributed by atoms with Crippen molar-refractivity contribution in [3.05, 3.63) is 73.0 Å². The van der Waals surface area contributed by atoms with Crippen molar-refractivity contribution < 1.29 is 23.2 Å². The summed E-state index contributed by atoms with van der Waals surface area (Å²) in [6.07, 6.45) is -1.57. The minimum atomic E-state index is -4.15. The first-order valence-electron chi connectivity index (χ1n) is 8.65. The Morgan fingerprint density at radius 3 is 2.45 bits per heavy atom. The maximum atomic E-state index is 13.3. The number of rotatable bonds is 6. The smallest absolute Gasteiger partial charge is 0.330 e. The third kappa shape index (κ3) is 3.99. The summed E-state index contributed by atoms with van der Waals surface area (Å²) in [4.78, 5) is 36.0. The maximum Gasteiger partial charge on any atom is 0.330 e. The highest BCUT2D eigenvalue weighted by atomic mass is 32.2. The normalized spacial score (nSPS) is 24.5. The number of aromatic nitrogens is 2. The molecule has 12 heteroatoms. The van der Waals surface area contributed by atoms with Crippen molar-refractivity contribution in [1.29, 1.82) is 0 Å². The summed E-state index contributed by atoms with van der Waals surface area (Å²) in [6, 6.07) is 6.94. The first kappa shape index (κ1) is 20.9. The van der Waals surface area contributed by atoms with Crippen LogP contribution in [0.4, 0.5) is 0 Å². The number of ether oxygens (including phenoxy) is 1. The van der Waals surface area contributed by atoms with Gasteiger partial charge in [0.05, 0.1) is 17.4 Å². The molecule has 2 heterocycles. The van der Waals surface area contributed by atoms with Crippen LogP contribution in [0.2, 0.25) is 0 Å². The van der Waals surface area contributed by atoms with Gasteiger partial charge in [-0.05, 0) is 19.1 Å². The Morgan fingerprint density at radius 2 is 1.90 bits per heavy atom. The van der Waals surface area contributed by atoms with Gasteiger partial charge in [-0.1, -0.05) is 17.7 Å². The van der Waals surface area contributed by atoms with E-state index in [1.807, 2.05) is 4.98 Å². The van der Waals surface area contributed by atoms with Crippen molar-refractivity contribution in [3.63, 3.8) is 0 Å². The number of aryl methyl sites for hydroxylation is 1. The molecule has 2 N–H and O–H groups in total. The van der Waals surface area contributed by atoms with Crippen molar-refractivity contribution in [2.24, 2.45) is 5.92 Å². The number of hydrogen-bond donors (Lipinski definition) is 2. The molecule has 0 aliphatic carbocycles. The molecule has 3 rings (SSSR count). The van der Waals surface area contributed by atoms with Crippen LogP contribution < -0.4 is 11.2 Å². The largest absolute Gasteiger partial charge is 0.394 e. The van der Waals surface area contributed by atoms with Crippen molar-refractivity contribution in [2.75, 3.05) is 13.2 Å². The SMILES string of the molecule is Cc1ccc(S(=O)(=O)[C@@H]2[C@@H](C[N+](=O)[O-])[C@H](n3ccc(=O)[nH]c3=O)O[C@@H]2CO)cc1. The van der Waals surface area contributed by atoms with Crippen molar-refractivity contribution in [3.8, 4) is 0 Å². The molecule has 1 aliphatic rings. The van der Waals surface area contributed by atoms with Gasteiger partial charge in [0, 0.05) is 17.2 Å². The van der Waals surface area contributed by atoms with E-state index in [0.717, 1.165) is 22.4 Å². The average Bonchev–Trinajstić information content (AvgIpc) is 3.00. The van der Waals surface area contributed by atoms with Crippen LogP contribution in [0.25, 0.3) is 0 Å². The van der Waals surface area contributed by atoms with E-state index in [1.54, 1.807) is 19.1 Å². The average molecular weight is 425 g/mol. The van der Waals surface area contributed by atoms with Gasteiger partial charge in [-0.2, -0.15) is 0 Å². The standard InChI is InChI=1S/C17H19N3O8S/c1-10-2-4-11(5-3-10)29(26,27)15-12(8-20(24)25)16(28-13(15)9-21)19-7-6-14(22)18-17(19)23/h2-7,12-13,15-16,21H,8-9H2,1H3,(H,18,22,23)/t12-,13-,15-,16-/m1/s1. The molecular weight excluding hydrogens is 406 g/mol. The number of sulfone groups is 1. The number of nitrogens with zero attached hydrogens (tertiary/aromatic N) is 2. The Labute approximate surface area is 164 Å². The molecule has 29 heavy (non-hydrogen) atoms. The van der Waals surface area contributed by atoms with Gasteiger partial charge in [-0.25, -0.2) is 13.2 Å². The van der Waals surface area contributed by atoms with Crippen LogP contribution in [0.1, 0.15) is 11.8 Å². The molecule has 2 aromatic rings. The van der Waals surface area contributed by atoms with E-state index >= 15 is 0 Å². The van der Waals surface area contributed by atoms with E-state index in [2.05, 4.69) is 0 Å². The minimum absolute atomic E-state index is 0.0713. The van der Waals surface area contributed by atoms with Gasteiger partial charge in [0.25, 0.3) is 5.56 Å². The second kappa shape index (κ2) is 7.89. The first-order valence-corrected chi connectivity index (χ1v) is 10.2. The lowest BCUT2D eigenvalue weighted by Gasteiger charge is -2.21. The van der Waals surface area contributed by atoms with Crippen molar-refractivity contribution in [1.82, 2.24) is 9.55 Å². The van der Waals surface area contributed by atoms with E-state index in [0.29, 0.717) is 0 Å². The molecule has 0 bridgehead atoms. The van der Waals surface area contributed by atoms with Gasteiger partial charge >= 0.3 is 5.69 Å². The lowest BCUT2D eigenvalue weighted by atomic mass is 10.0. The Hall–Kier alpha value is -2.83. The minimum Gasteiger partial charge on any atom is -0.394 e. The summed E-state index contributed by atoms with van der Waals surface area (Å²) in [5, 5.41) is 19.5. The molecule has 1 saturated heterocycles. The summed E-state index contributed by atoms with van der Waals surface area (Å²) in [5.74, 6) is -1.28. The third-order valence-electron chi connectivity index (χ3n) is 4.84. The molecule has 1 fully saturated rings. The van der Waals surface area contributed by atoms with Crippen molar-refractivity contribution in [2.45, 2.75) is 29.4 Å². The molecule has 4 atom stereocenters. The van der Waals surface area contributed by atoms with E-state index in [-0.39, 0.29) is 4.90 Å². The molecule has 0 saturated carbocycles. The van der Waals surface area contributed by atoms with Crippen molar-refractivity contribution >= 4 is 9.84 Å². The van der Waals surface area contributed by atoms with Crippen LogP contribution in [-0.2, 0) is 14.6 Å². The lowest BCUT2D eigenvalue weighted by Crippen LogP contribution is -2.41. The highest BCUT2D eigenvalue weighted by Crippen LogP contribution is 2.40. The summed E-state index contributed by atoms with van der Waals surface area (Å²) in [6.45, 7) is 0.237. The van der Waals surface area contributed by atoms with Crippen LogP contribution >= 0.6 is 0 Å². The maximum absolute atomic E-state index is 13.3. The zero-order valence-electron chi connectivity index (χ0n) is 15.3. The molecular formula is C17H19N3O8S. The van der Waals surface area contributed by atoms with Crippen LogP contribution in [0, 0.1) is 23.0 Å². The molecule has 11 nitrogen and oxygen atoms in total. The predicted octanol–water partition coefficient (Wildman–Crippen LogP) is -0.530. The van der Waals surface area contributed by atoms with Gasteiger partial charge in [0.2, 0.25) is 6.54 Å². The fourth-order valence-electron chi connectivity index (χ4n) is 3.52. The Balaban J connectivity index is 2.13. The number of hydrogen-bond acceptors (Lipinski definition) is 8. The predicted molar refractivity (Wildman–Crippen MR) is 99.8 cm³/mol. The fraction of sp³-hybridized carbons (Fsp3) is 0.412. The zero-order chi connectivity index (χ0) is 21.3. The molecule has 0 radical (unpaired) electrons. The monoisotopic (exact) mass is 425 g/mol. The number of aliphatic hydroxyl groups excluding tert-OH is 1. The number of aliphatic hydroxyl groups is 1. The lowest BCUT2D eigenvalue weighted by molar-refractivity contribution is -0.490. The quantitative estimate of drug-likeness (QED) is 0.461. The van der Waals surface area contributed by atoms with E-state index in [9.17, 15) is 33.2 Å². The van der Waals surface area contributed by atoms with Gasteiger partial charge in [-0.3, -0.25) is 24.5 Å². The Kier molecular flexibility index (Phi) is 5.68. The molecule has 0 unspecified atom stereocenters. The number of aromatic amines is 1. The summed E-state index contributed by atoms with van der Waals surface area (Å²) >= 11 is 0. The third-order valence-corrected chi connectivity index (χ3v) is 7.14. The molecule has 156 valence electrons. The molecule has 1 aromatic carbocycles. The second-order valence-electron chi connectivity index (χ2n) is 6.77. The first-order chi connectivity index (χ1) is 13.6. The summed E-state index contributed by atoms with van der Waals surface area (Å²) in [7, 11) is -4.15. The summed E-state index contributed by atoms with van der Waals surface area (Å²) < 4.78 is 33.0. The van der Waals surface area contributed by atoms with E-state index in [1.165, 1.54) is 12.1 Å². The highest BCUT2D eigenvalue weighted by molar-refractivity contribution is 7.92. The van der Waals surface area contributed by atoms with Gasteiger partial charge in [0.1, 0.15) is 17.6 Å². The fourth-order valence-corrected chi connectivity index (χ4v) is 5.58. The van der Waals surface area contributed by atoms with E-state index < -0.39 is 62.7 Å². The Morgan fingerprint density at radius 1 is 1.24 bits per heavy atom. The summed E-state index contributed by atoms with van der Waals surface area (Å²) in [5.41, 5.74) is -0.761. The van der Waals surface area contributed by atoms with Gasteiger partial charge in [0.15, 0.2) is 9.84 Å². The number of nitro groups is 1. The van der Waals surface area contributed by atoms with E-state index in [4.69, 9.17) is 4.74 Å². The van der Waals surface area contributed by atoms with Crippen LogP contribution in [-0.4, -0.2) is 52.5 Å². The number of H-pyrrole nitrogens is 1. The number of nitrogens with one attached hydrogen (secondary N) is 1. The second-order valence-corrected chi connectivity index (χ2v) is 8.87. The number of benzene rings is 1. The molecule has 1 aliphatic heterocycles. The topological polar surface area (TPSA) is 162 Å². The molecule has 1 aromatic heterocycles. The van der Waals surface area contributed by atoms with Crippen LogP contribution in [0.3, 0.4) is 0 Å². The van der Waals surface area contributed by atoms with Gasteiger partial charge < -0.3 is 9.84 Å².